The Balaban J connectivity index is 2.48. The molecule has 20 heavy (non-hydrogen) atoms. The van der Waals surface area contributed by atoms with Crippen molar-refractivity contribution in [1.29, 1.82) is 0 Å². The molecular weight excluding hydrogens is 250 g/mol. The number of ether oxygens (including phenoxy) is 1. The van der Waals surface area contributed by atoms with Crippen LogP contribution in [0.1, 0.15) is 25.1 Å². The summed E-state index contributed by atoms with van der Waals surface area (Å²) in [5, 5.41) is 3.25. The lowest BCUT2D eigenvalue weighted by Gasteiger charge is -2.11. The molecule has 0 amide bonds. The van der Waals surface area contributed by atoms with E-state index in [0.29, 0.717) is 6.61 Å². The number of nitrogens with one attached hydrogen (secondary N) is 1. The predicted octanol–water partition coefficient (Wildman–Crippen LogP) is 3.28. The van der Waals surface area contributed by atoms with Crippen LogP contribution in [-0.2, 0) is 17.8 Å². The number of hydrogen-bond acceptors (Lipinski definition) is 4. The van der Waals surface area contributed by atoms with Crippen molar-refractivity contribution in [3.63, 3.8) is 0 Å². The first-order chi connectivity index (χ1) is 9.78. The normalized spacial score (nSPS) is 10.6. The summed E-state index contributed by atoms with van der Waals surface area (Å²) in [5.74, 6) is 1.60. The van der Waals surface area contributed by atoms with Crippen molar-refractivity contribution in [3.8, 4) is 11.4 Å². The highest BCUT2D eigenvalue weighted by atomic mass is 16.5. The molecule has 0 aliphatic heterocycles. The van der Waals surface area contributed by atoms with Gasteiger partial charge in [-0.25, -0.2) is 9.97 Å². The first kappa shape index (κ1) is 14.5. The fourth-order valence-electron chi connectivity index (χ4n) is 2.16. The highest BCUT2D eigenvalue weighted by molar-refractivity contribution is 5.62. The fraction of sp³-hybridized carbons (Fsp3) is 0.375. The second kappa shape index (κ2) is 7.01. The van der Waals surface area contributed by atoms with Gasteiger partial charge in [-0.15, -0.1) is 0 Å². The van der Waals surface area contributed by atoms with Gasteiger partial charge in [0.25, 0.3) is 0 Å². The van der Waals surface area contributed by atoms with E-state index >= 15 is 0 Å². The molecule has 2 aromatic rings. The standard InChI is InChI=1S/C16H21N3O/c1-4-12-8-6-7-9-14(12)16-18-13(11-20-3)10-15(19-16)17-5-2/h6-10H,4-5,11H2,1-3H3,(H,17,18,19). The van der Waals surface area contributed by atoms with Crippen molar-refractivity contribution in [2.45, 2.75) is 26.9 Å². The third-order valence-corrected chi connectivity index (χ3v) is 3.07. The highest BCUT2D eigenvalue weighted by Crippen LogP contribution is 2.22. The molecule has 106 valence electrons. The summed E-state index contributed by atoms with van der Waals surface area (Å²) in [6.07, 6.45) is 0.963. The molecule has 0 fully saturated rings. The van der Waals surface area contributed by atoms with E-state index in [4.69, 9.17) is 4.74 Å². The van der Waals surface area contributed by atoms with E-state index in [2.05, 4.69) is 41.3 Å². The Morgan fingerprint density at radius 1 is 1.15 bits per heavy atom. The predicted molar refractivity (Wildman–Crippen MR) is 81.7 cm³/mol. The molecule has 0 spiro atoms. The number of anilines is 1. The minimum atomic E-state index is 0.488. The zero-order valence-corrected chi connectivity index (χ0v) is 12.3. The van der Waals surface area contributed by atoms with Gasteiger partial charge in [-0.3, -0.25) is 0 Å². The van der Waals surface area contributed by atoms with Gasteiger partial charge in [-0.2, -0.15) is 0 Å². The summed E-state index contributed by atoms with van der Waals surface area (Å²) in [6.45, 7) is 5.52. The van der Waals surface area contributed by atoms with Crippen LogP contribution in [0.25, 0.3) is 11.4 Å². The molecule has 1 N–H and O–H groups in total. The summed E-state index contributed by atoms with van der Waals surface area (Å²) in [7, 11) is 1.68. The lowest BCUT2D eigenvalue weighted by atomic mass is 10.0. The van der Waals surface area contributed by atoms with Crippen LogP contribution in [0, 0.1) is 0 Å². The molecule has 0 unspecified atom stereocenters. The highest BCUT2D eigenvalue weighted by Gasteiger charge is 2.09. The van der Waals surface area contributed by atoms with Crippen LogP contribution in [0.5, 0.6) is 0 Å². The maximum atomic E-state index is 5.19. The van der Waals surface area contributed by atoms with Gasteiger partial charge in [0.1, 0.15) is 5.82 Å². The molecule has 0 bridgehead atoms. The third-order valence-electron chi connectivity index (χ3n) is 3.07. The van der Waals surface area contributed by atoms with E-state index in [-0.39, 0.29) is 0 Å². The SMILES string of the molecule is CCNc1cc(COC)nc(-c2ccccc2CC)n1. The molecule has 0 saturated heterocycles. The van der Waals surface area contributed by atoms with Crippen molar-refractivity contribution in [2.24, 2.45) is 0 Å². The molecule has 1 aromatic carbocycles. The number of benzene rings is 1. The molecule has 0 radical (unpaired) electrons. The number of aryl methyl sites for hydroxylation is 1. The number of rotatable bonds is 6. The Bertz CT molecular complexity index is 545. The van der Waals surface area contributed by atoms with Gasteiger partial charge in [0, 0.05) is 25.3 Å². The lowest BCUT2D eigenvalue weighted by Crippen LogP contribution is -2.05. The number of hydrogen-bond donors (Lipinski definition) is 1. The minimum Gasteiger partial charge on any atom is -0.378 e. The second-order valence-electron chi connectivity index (χ2n) is 4.54. The molecular formula is C16H21N3O. The Kier molecular flexibility index (Phi) is 5.07. The minimum absolute atomic E-state index is 0.488. The Labute approximate surface area is 120 Å². The molecule has 0 aliphatic carbocycles. The van der Waals surface area contributed by atoms with Crippen LogP contribution in [0.3, 0.4) is 0 Å². The number of nitrogens with zero attached hydrogens (tertiary/aromatic N) is 2. The van der Waals surface area contributed by atoms with E-state index < -0.39 is 0 Å². The molecule has 1 aromatic heterocycles. The lowest BCUT2D eigenvalue weighted by molar-refractivity contribution is 0.181. The number of methoxy groups -OCH3 is 1. The summed E-state index contributed by atoms with van der Waals surface area (Å²) in [5.41, 5.74) is 3.23. The molecule has 0 saturated carbocycles. The Morgan fingerprint density at radius 3 is 2.65 bits per heavy atom. The van der Waals surface area contributed by atoms with Crippen LogP contribution >= 0.6 is 0 Å². The summed E-state index contributed by atoms with van der Waals surface area (Å²) < 4.78 is 5.19. The quantitative estimate of drug-likeness (QED) is 0.875. The van der Waals surface area contributed by atoms with Gasteiger partial charge in [0.15, 0.2) is 5.82 Å². The van der Waals surface area contributed by atoms with E-state index in [1.807, 2.05) is 18.2 Å². The largest absolute Gasteiger partial charge is 0.378 e. The van der Waals surface area contributed by atoms with E-state index in [1.165, 1.54) is 5.56 Å². The third kappa shape index (κ3) is 3.33. The Hall–Kier alpha value is -1.94. The molecule has 1 heterocycles. The van der Waals surface area contributed by atoms with Gasteiger partial charge < -0.3 is 10.1 Å². The maximum Gasteiger partial charge on any atom is 0.162 e. The van der Waals surface area contributed by atoms with E-state index in [9.17, 15) is 0 Å². The average molecular weight is 271 g/mol. The molecule has 4 heteroatoms. The molecule has 4 nitrogen and oxygen atoms in total. The van der Waals surface area contributed by atoms with Crippen molar-refractivity contribution in [3.05, 3.63) is 41.6 Å². The average Bonchev–Trinajstić information content (AvgIpc) is 2.47. The van der Waals surface area contributed by atoms with Crippen LogP contribution in [0.15, 0.2) is 30.3 Å². The molecule has 0 aliphatic rings. The van der Waals surface area contributed by atoms with Crippen molar-refractivity contribution in [2.75, 3.05) is 19.0 Å². The van der Waals surface area contributed by atoms with Crippen LogP contribution in [0.4, 0.5) is 5.82 Å². The van der Waals surface area contributed by atoms with E-state index in [0.717, 1.165) is 35.9 Å². The monoisotopic (exact) mass is 271 g/mol. The van der Waals surface area contributed by atoms with Crippen LogP contribution < -0.4 is 5.32 Å². The van der Waals surface area contributed by atoms with E-state index in [1.54, 1.807) is 7.11 Å². The van der Waals surface area contributed by atoms with Crippen LogP contribution in [-0.4, -0.2) is 23.6 Å². The summed E-state index contributed by atoms with van der Waals surface area (Å²) >= 11 is 0. The second-order valence-corrected chi connectivity index (χ2v) is 4.54. The smallest absolute Gasteiger partial charge is 0.162 e. The van der Waals surface area contributed by atoms with Crippen LogP contribution in [0.2, 0.25) is 0 Å². The van der Waals surface area contributed by atoms with Gasteiger partial charge >= 0.3 is 0 Å². The molecule has 0 atom stereocenters. The first-order valence-electron chi connectivity index (χ1n) is 6.97. The van der Waals surface area contributed by atoms with Crippen molar-refractivity contribution >= 4 is 5.82 Å². The first-order valence-corrected chi connectivity index (χ1v) is 6.97. The number of aromatic nitrogens is 2. The van der Waals surface area contributed by atoms with Crippen molar-refractivity contribution < 1.29 is 4.74 Å². The summed E-state index contributed by atoms with van der Waals surface area (Å²) in [6, 6.07) is 10.2. The van der Waals surface area contributed by atoms with Gasteiger partial charge in [-0.05, 0) is 18.9 Å². The topological polar surface area (TPSA) is 47.0 Å². The van der Waals surface area contributed by atoms with Gasteiger partial charge in [-0.1, -0.05) is 31.2 Å². The Morgan fingerprint density at radius 2 is 1.95 bits per heavy atom. The van der Waals surface area contributed by atoms with Gasteiger partial charge in [0.05, 0.1) is 12.3 Å². The van der Waals surface area contributed by atoms with Crippen molar-refractivity contribution in [1.82, 2.24) is 9.97 Å². The zero-order valence-electron chi connectivity index (χ0n) is 12.3. The summed E-state index contributed by atoms with van der Waals surface area (Å²) in [4.78, 5) is 9.21. The fourth-order valence-corrected chi connectivity index (χ4v) is 2.16. The zero-order chi connectivity index (χ0) is 14.4. The maximum absolute atomic E-state index is 5.19. The molecule has 2 rings (SSSR count). The van der Waals surface area contributed by atoms with Gasteiger partial charge in [0.2, 0.25) is 0 Å².